The minimum absolute atomic E-state index is 0. The Balaban J connectivity index is 0.00000280. The highest BCUT2D eigenvalue weighted by molar-refractivity contribution is 7.89. The van der Waals surface area contributed by atoms with Crippen LogP contribution in [0, 0.1) is 0 Å². The van der Waals surface area contributed by atoms with Crippen LogP contribution >= 0.6 is 12.4 Å². The SMILES string of the molecule is CCc1ccc(C(=O)NC2CCNC(C)C2)cc1S(=O)(=O)N1CCOCC1.Cl. The second kappa shape index (κ2) is 10.0. The molecule has 2 aliphatic heterocycles. The van der Waals surface area contributed by atoms with E-state index in [0.717, 1.165) is 24.9 Å². The van der Waals surface area contributed by atoms with E-state index in [-0.39, 0.29) is 29.3 Å². The van der Waals surface area contributed by atoms with Crippen LogP contribution in [0.4, 0.5) is 0 Å². The number of nitrogens with one attached hydrogen (secondary N) is 2. The Bertz CT molecular complexity index is 781. The molecule has 9 heteroatoms. The smallest absolute Gasteiger partial charge is 0.251 e. The van der Waals surface area contributed by atoms with Crippen LogP contribution < -0.4 is 10.6 Å². The zero-order valence-corrected chi connectivity index (χ0v) is 18.1. The van der Waals surface area contributed by atoms with E-state index >= 15 is 0 Å². The van der Waals surface area contributed by atoms with E-state index in [1.165, 1.54) is 10.4 Å². The van der Waals surface area contributed by atoms with E-state index < -0.39 is 10.0 Å². The average molecular weight is 432 g/mol. The van der Waals surface area contributed by atoms with E-state index in [1.54, 1.807) is 12.1 Å². The minimum atomic E-state index is -3.64. The molecule has 2 N–H and O–H groups in total. The number of hydrogen-bond donors (Lipinski definition) is 2. The first-order chi connectivity index (χ1) is 12.9. The van der Waals surface area contributed by atoms with Gasteiger partial charge < -0.3 is 15.4 Å². The van der Waals surface area contributed by atoms with Crippen LogP contribution in [0.5, 0.6) is 0 Å². The molecule has 0 aromatic heterocycles. The van der Waals surface area contributed by atoms with Gasteiger partial charge in [-0.1, -0.05) is 13.0 Å². The molecule has 0 spiro atoms. The summed E-state index contributed by atoms with van der Waals surface area (Å²) in [5.74, 6) is -0.213. The number of aryl methyl sites for hydroxylation is 1. The number of sulfonamides is 1. The van der Waals surface area contributed by atoms with Gasteiger partial charge in [-0.3, -0.25) is 4.79 Å². The largest absolute Gasteiger partial charge is 0.379 e. The molecule has 3 rings (SSSR count). The average Bonchev–Trinajstić information content (AvgIpc) is 2.68. The molecule has 1 aromatic carbocycles. The second-order valence-electron chi connectivity index (χ2n) is 7.24. The van der Waals surface area contributed by atoms with Gasteiger partial charge in [0.1, 0.15) is 0 Å². The normalized spacial score (nSPS) is 23.6. The third kappa shape index (κ3) is 5.24. The first-order valence-corrected chi connectivity index (χ1v) is 11.1. The Kier molecular flexibility index (Phi) is 8.27. The summed E-state index contributed by atoms with van der Waals surface area (Å²) in [6, 6.07) is 5.48. The van der Waals surface area contributed by atoms with Crippen LogP contribution in [-0.2, 0) is 21.2 Å². The van der Waals surface area contributed by atoms with Crippen molar-refractivity contribution < 1.29 is 17.9 Å². The number of nitrogens with zero attached hydrogens (tertiary/aromatic N) is 1. The Morgan fingerprint density at radius 2 is 2.04 bits per heavy atom. The van der Waals surface area contributed by atoms with Gasteiger partial charge in [-0.05, 0) is 50.4 Å². The number of rotatable bonds is 5. The van der Waals surface area contributed by atoms with Crippen LogP contribution in [0.15, 0.2) is 23.1 Å². The van der Waals surface area contributed by atoms with Gasteiger partial charge in [0, 0.05) is 30.7 Å². The van der Waals surface area contributed by atoms with Gasteiger partial charge >= 0.3 is 0 Å². The summed E-state index contributed by atoms with van der Waals surface area (Å²) in [6.07, 6.45) is 2.34. The van der Waals surface area contributed by atoms with Crippen molar-refractivity contribution in [1.29, 1.82) is 0 Å². The molecular weight excluding hydrogens is 402 g/mol. The topological polar surface area (TPSA) is 87.7 Å². The number of ether oxygens (including phenoxy) is 1. The predicted molar refractivity (Wildman–Crippen MR) is 111 cm³/mol. The predicted octanol–water partition coefficient (Wildman–Crippen LogP) is 1.56. The van der Waals surface area contributed by atoms with Gasteiger partial charge in [0.05, 0.1) is 18.1 Å². The fraction of sp³-hybridized carbons (Fsp3) is 0.632. The van der Waals surface area contributed by atoms with Crippen molar-refractivity contribution in [3.63, 3.8) is 0 Å². The summed E-state index contributed by atoms with van der Waals surface area (Å²) in [5.41, 5.74) is 1.12. The van der Waals surface area contributed by atoms with Gasteiger partial charge in [-0.2, -0.15) is 4.31 Å². The van der Waals surface area contributed by atoms with Gasteiger partial charge in [0.2, 0.25) is 10.0 Å². The zero-order chi connectivity index (χ0) is 19.4. The summed E-state index contributed by atoms with van der Waals surface area (Å²) in [4.78, 5) is 12.9. The van der Waals surface area contributed by atoms with Crippen molar-refractivity contribution in [2.24, 2.45) is 0 Å². The molecule has 0 saturated carbocycles. The molecule has 0 radical (unpaired) electrons. The number of carbonyl (C=O) groups is 1. The van der Waals surface area contributed by atoms with E-state index in [4.69, 9.17) is 4.74 Å². The number of halogens is 1. The number of hydrogen-bond acceptors (Lipinski definition) is 5. The van der Waals surface area contributed by atoms with Crippen molar-refractivity contribution >= 4 is 28.3 Å². The molecule has 1 aromatic rings. The third-order valence-electron chi connectivity index (χ3n) is 5.26. The lowest BCUT2D eigenvalue weighted by Gasteiger charge is -2.29. The standard InChI is InChI=1S/C19H29N3O4S.ClH/c1-3-15-4-5-16(19(23)21-17-6-7-20-14(2)12-17)13-18(15)27(24,25)22-8-10-26-11-9-22;/h4-5,13-14,17,20H,3,6-12H2,1-2H3,(H,21,23);1H. The summed E-state index contributed by atoms with van der Waals surface area (Å²) in [5, 5.41) is 6.41. The van der Waals surface area contributed by atoms with E-state index in [2.05, 4.69) is 17.6 Å². The maximum absolute atomic E-state index is 13.1. The molecule has 2 fully saturated rings. The number of piperidine rings is 1. The molecule has 0 aliphatic carbocycles. The molecule has 158 valence electrons. The molecule has 2 aliphatic rings. The number of amides is 1. The fourth-order valence-corrected chi connectivity index (χ4v) is 5.41. The van der Waals surface area contributed by atoms with Crippen molar-refractivity contribution in [1.82, 2.24) is 14.9 Å². The first-order valence-electron chi connectivity index (χ1n) is 9.67. The number of benzene rings is 1. The van der Waals surface area contributed by atoms with E-state index in [1.807, 2.05) is 6.92 Å². The Morgan fingerprint density at radius 3 is 2.68 bits per heavy atom. The second-order valence-corrected chi connectivity index (χ2v) is 9.15. The lowest BCUT2D eigenvalue weighted by molar-refractivity contribution is 0.0730. The van der Waals surface area contributed by atoms with Crippen molar-refractivity contribution in [3.05, 3.63) is 29.3 Å². The highest BCUT2D eigenvalue weighted by Gasteiger charge is 2.29. The zero-order valence-electron chi connectivity index (χ0n) is 16.4. The molecule has 28 heavy (non-hydrogen) atoms. The highest BCUT2D eigenvalue weighted by Crippen LogP contribution is 2.24. The number of morpholine rings is 1. The van der Waals surface area contributed by atoms with Crippen LogP contribution in [0.25, 0.3) is 0 Å². The Hall–Kier alpha value is -1.19. The van der Waals surface area contributed by atoms with Crippen molar-refractivity contribution in [3.8, 4) is 0 Å². The molecule has 7 nitrogen and oxygen atoms in total. The van der Waals surface area contributed by atoms with Crippen molar-refractivity contribution in [2.75, 3.05) is 32.8 Å². The molecule has 2 saturated heterocycles. The maximum atomic E-state index is 13.1. The Labute approximate surface area is 173 Å². The summed E-state index contributed by atoms with van der Waals surface area (Å²) in [7, 11) is -3.64. The van der Waals surface area contributed by atoms with Gasteiger partial charge in [-0.25, -0.2) is 8.42 Å². The Morgan fingerprint density at radius 1 is 1.32 bits per heavy atom. The van der Waals surface area contributed by atoms with Crippen LogP contribution in [0.3, 0.4) is 0 Å². The highest BCUT2D eigenvalue weighted by atomic mass is 35.5. The quantitative estimate of drug-likeness (QED) is 0.738. The molecular formula is C19H30ClN3O4S. The monoisotopic (exact) mass is 431 g/mol. The molecule has 0 bridgehead atoms. The lowest BCUT2D eigenvalue weighted by Crippen LogP contribution is -2.46. The molecule has 2 unspecified atom stereocenters. The van der Waals surface area contributed by atoms with Gasteiger partial charge in [0.25, 0.3) is 5.91 Å². The molecule has 2 atom stereocenters. The third-order valence-corrected chi connectivity index (χ3v) is 7.24. The molecule has 2 heterocycles. The number of carbonyl (C=O) groups excluding carboxylic acids is 1. The van der Waals surface area contributed by atoms with Crippen LogP contribution in [0.1, 0.15) is 42.6 Å². The van der Waals surface area contributed by atoms with Crippen molar-refractivity contribution in [2.45, 2.75) is 50.1 Å². The maximum Gasteiger partial charge on any atom is 0.251 e. The first kappa shape index (κ1) is 23.1. The van der Waals surface area contributed by atoms with Gasteiger partial charge in [-0.15, -0.1) is 12.4 Å². The minimum Gasteiger partial charge on any atom is -0.379 e. The molecule has 1 amide bonds. The summed E-state index contributed by atoms with van der Waals surface area (Å²) < 4.78 is 32.9. The van der Waals surface area contributed by atoms with Gasteiger partial charge in [0.15, 0.2) is 0 Å². The lowest BCUT2D eigenvalue weighted by atomic mass is 10.00. The van der Waals surface area contributed by atoms with Crippen LogP contribution in [-0.4, -0.2) is 63.6 Å². The fourth-order valence-electron chi connectivity index (χ4n) is 3.69. The van der Waals surface area contributed by atoms with E-state index in [9.17, 15) is 13.2 Å². The van der Waals surface area contributed by atoms with Crippen LogP contribution in [0.2, 0.25) is 0 Å². The summed E-state index contributed by atoms with van der Waals surface area (Å²) >= 11 is 0. The summed E-state index contributed by atoms with van der Waals surface area (Å²) in [6.45, 7) is 6.37. The van der Waals surface area contributed by atoms with E-state index in [0.29, 0.717) is 44.3 Å².